The third-order valence-electron chi connectivity index (χ3n) is 4.46. The Kier molecular flexibility index (Phi) is 4.62. The minimum absolute atomic E-state index is 0.121. The number of thioether (sulfide) groups is 1. The van der Waals surface area contributed by atoms with Crippen LogP contribution < -0.4 is 5.32 Å². The monoisotopic (exact) mass is 366 g/mol. The molecule has 26 heavy (non-hydrogen) atoms. The standard InChI is InChI=1S/C19H18N4O2S/c24-18(20-9-13-5-2-1-3-6-13)16-11-26-12-23(16)19(25)15-8-4-7-14-10-21-22-17(14)15/h1-8,10,16H,9,11-12H2,(H,20,24)(H,21,22)/t16-/m1/s1. The number of benzene rings is 2. The molecule has 1 aromatic heterocycles. The Morgan fingerprint density at radius 1 is 1.19 bits per heavy atom. The van der Waals surface area contributed by atoms with Crippen LogP contribution in [0.15, 0.2) is 54.7 Å². The van der Waals surface area contributed by atoms with E-state index in [-0.39, 0.29) is 11.8 Å². The van der Waals surface area contributed by atoms with Crippen molar-refractivity contribution >= 4 is 34.5 Å². The second-order valence-electron chi connectivity index (χ2n) is 6.13. The zero-order valence-electron chi connectivity index (χ0n) is 14.0. The topological polar surface area (TPSA) is 78.1 Å². The average Bonchev–Trinajstić information content (AvgIpc) is 3.35. The van der Waals surface area contributed by atoms with Crippen LogP contribution in [-0.2, 0) is 11.3 Å². The van der Waals surface area contributed by atoms with Gasteiger partial charge in [-0.2, -0.15) is 5.10 Å². The van der Waals surface area contributed by atoms with E-state index in [0.717, 1.165) is 10.9 Å². The summed E-state index contributed by atoms with van der Waals surface area (Å²) in [7, 11) is 0. The predicted molar refractivity (Wildman–Crippen MR) is 102 cm³/mol. The second-order valence-corrected chi connectivity index (χ2v) is 7.13. The van der Waals surface area contributed by atoms with Crippen molar-refractivity contribution in [2.75, 3.05) is 11.6 Å². The lowest BCUT2D eigenvalue weighted by Gasteiger charge is -2.23. The van der Waals surface area contributed by atoms with E-state index in [4.69, 9.17) is 0 Å². The van der Waals surface area contributed by atoms with Crippen molar-refractivity contribution in [3.8, 4) is 0 Å². The van der Waals surface area contributed by atoms with Gasteiger partial charge in [-0.3, -0.25) is 14.7 Å². The van der Waals surface area contributed by atoms with Crippen LogP contribution in [0.5, 0.6) is 0 Å². The summed E-state index contributed by atoms with van der Waals surface area (Å²) in [6.07, 6.45) is 1.69. The van der Waals surface area contributed by atoms with Crippen molar-refractivity contribution in [2.45, 2.75) is 12.6 Å². The van der Waals surface area contributed by atoms with Crippen molar-refractivity contribution in [2.24, 2.45) is 0 Å². The van der Waals surface area contributed by atoms with Crippen LogP contribution in [0.2, 0.25) is 0 Å². The van der Waals surface area contributed by atoms with Crippen LogP contribution in [0.4, 0.5) is 0 Å². The largest absolute Gasteiger partial charge is 0.350 e. The smallest absolute Gasteiger partial charge is 0.257 e. The molecule has 7 heteroatoms. The summed E-state index contributed by atoms with van der Waals surface area (Å²) in [6.45, 7) is 0.457. The molecule has 1 aliphatic heterocycles. The Morgan fingerprint density at radius 2 is 2.04 bits per heavy atom. The molecule has 2 N–H and O–H groups in total. The molecule has 132 valence electrons. The number of rotatable bonds is 4. The molecule has 0 spiro atoms. The number of para-hydroxylation sites is 1. The Balaban J connectivity index is 1.50. The molecule has 1 aliphatic rings. The van der Waals surface area contributed by atoms with Crippen molar-refractivity contribution < 1.29 is 9.59 Å². The van der Waals surface area contributed by atoms with Gasteiger partial charge in [-0.25, -0.2) is 0 Å². The van der Waals surface area contributed by atoms with Crippen molar-refractivity contribution in [3.05, 3.63) is 65.9 Å². The van der Waals surface area contributed by atoms with E-state index < -0.39 is 6.04 Å². The Bertz CT molecular complexity index is 941. The van der Waals surface area contributed by atoms with Crippen molar-refractivity contribution in [1.82, 2.24) is 20.4 Å². The first kappa shape index (κ1) is 16.7. The van der Waals surface area contributed by atoms with Crippen LogP contribution >= 0.6 is 11.8 Å². The Hall–Kier alpha value is -2.80. The number of H-pyrrole nitrogens is 1. The fourth-order valence-corrected chi connectivity index (χ4v) is 4.22. The lowest BCUT2D eigenvalue weighted by molar-refractivity contribution is -0.124. The maximum atomic E-state index is 13.0. The number of amides is 2. The highest BCUT2D eigenvalue weighted by atomic mass is 32.2. The van der Waals surface area contributed by atoms with Crippen LogP contribution in [0.25, 0.3) is 10.9 Å². The summed E-state index contributed by atoms with van der Waals surface area (Å²) in [5.74, 6) is 0.840. The normalized spacial score (nSPS) is 16.8. The molecule has 1 fully saturated rings. The van der Waals surface area contributed by atoms with Gasteiger partial charge in [0.15, 0.2) is 0 Å². The minimum atomic E-state index is -0.464. The lowest BCUT2D eigenvalue weighted by atomic mass is 10.1. The van der Waals surface area contributed by atoms with Gasteiger partial charge >= 0.3 is 0 Å². The van der Waals surface area contributed by atoms with Gasteiger partial charge in [0, 0.05) is 17.7 Å². The zero-order chi connectivity index (χ0) is 17.9. The van der Waals surface area contributed by atoms with Crippen LogP contribution in [0, 0.1) is 0 Å². The number of aromatic amines is 1. The first-order valence-electron chi connectivity index (χ1n) is 8.36. The van der Waals surface area contributed by atoms with Gasteiger partial charge in [0.05, 0.1) is 23.2 Å². The summed E-state index contributed by atoms with van der Waals surface area (Å²) in [5.41, 5.74) is 2.29. The molecule has 0 saturated carbocycles. The molecular weight excluding hydrogens is 348 g/mol. The molecule has 0 unspecified atom stereocenters. The highest BCUT2D eigenvalue weighted by Crippen LogP contribution is 2.26. The molecule has 3 aromatic rings. The quantitative estimate of drug-likeness (QED) is 0.743. The van der Waals surface area contributed by atoms with Gasteiger partial charge in [-0.05, 0) is 11.6 Å². The van der Waals surface area contributed by atoms with Gasteiger partial charge in [0.1, 0.15) is 6.04 Å². The fourth-order valence-electron chi connectivity index (χ4n) is 3.06. The molecule has 6 nitrogen and oxygen atoms in total. The molecule has 4 rings (SSSR count). The maximum Gasteiger partial charge on any atom is 0.257 e. The SMILES string of the molecule is O=C(NCc1ccccc1)[C@H]1CSCN1C(=O)c1cccc2cn[nH]c12. The highest BCUT2D eigenvalue weighted by Gasteiger charge is 2.35. The summed E-state index contributed by atoms with van der Waals surface area (Å²) in [6, 6.07) is 14.8. The summed E-state index contributed by atoms with van der Waals surface area (Å²) in [4.78, 5) is 27.3. The van der Waals surface area contributed by atoms with E-state index in [1.165, 1.54) is 0 Å². The van der Waals surface area contributed by atoms with Crippen molar-refractivity contribution in [3.63, 3.8) is 0 Å². The third kappa shape index (κ3) is 3.17. The molecule has 1 atom stereocenters. The zero-order valence-corrected chi connectivity index (χ0v) is 14.8. The number of carbonyl (C=O) groups excluding carboxylic acids is 2. The molecule has 0 aliphatic carbocycles. The first-order chi connectivity index (χ1) is 12.7. The Labute approximate surface area is 155 Å². The molecule has 2 amide bonds. The maximum absolute atomic E-state index is 13.0. The van der Waals surface area contributed by atoms with Crippen LogP contribution in [0.1, 0.15) is 15.9 Å². The summed E-state index contributed by atoms with van der Waals surface area (Å²) < 4.78 is 0. The number of nitrogens with one attached hydrogen (secondary N) is 2. The number of nitrogens with zero attached hydrogens (tertiary/aromatic N) is 2. The van der Waals surface area contributed by atoms with E-state index in [1.807, 2.05) is 42.5 Å². The van der Waals surface area contributed by atoms with Crippen molar-refractivity contribution in [1.29, 1.82) is 0 Å². The number of aromatic nitrogens is 2. The lowest BCUT2D eigenvalue weighted by Crippen LogP contribution is -2.47. The van der Waals surface area contributed by atoms with E-state index in [2.05, 4.69) is 15.5 Å². The molecule has 0 radical (unpaired) electrons. The highest BCUT2D eigenvalue weighted by molar-refractivity contribution is 7.99. The first-order valence-corrected chi connectivity index (χ1v) is 9.52. The molecule has 1 saturated heterocycles. The second kappa shape index (κ2) is 7.21. The summed E-state index contributed by atoms with van der Waals surface area (Å²) in [5, 5.41) is 10.7. The van der Waals surface area contributed by atoms with E-state index in [1.54, 1.807) is 28.9 Å². The predicted octanol–water partition coefficient (Wildman–Crippen LogP) is 2.39. The van der Waals surface area contributed by atoms with Gasteiger partial charge in [0.2, 0.25) is 5.91 Å². The Morgan fingerprint density at radius 3 is 2.88 bits per heavy atom. The van der Waals surface area contributed by atoms with E-state index in [9.17, 15) is 9.59 Å². The molecule has 2 aromatic carbocycles. The number of hydrogen-bond donors (Lipinski definition) is 2. The molecule has 0 bridgehead atoms. The molecular formula is C19H18N4O2S. The molecule has 2 heterocycles. The minimum Gasteiger partial charge on any atom is -0.350 e. The number of fused-ring (bicyclic) bond motifs is 1. The van der Waals surface area contributed by atoms with Gasteiger partial charge in [0.25, 0.3) is 5.91 Å². The summed E-state index contributed by atoms with van der Waals surface area (Å²) >= 11 is 1.59. The fraction of sp³-hybridized carbons (Fsp3) is 0.211. The van der Waals surface area contributed by atoms with Gasteiger partial charge in [-0.1, -0.05) is 42.5 Å². The van der Waals surface area contributed by atoms with Gasteiger partial charge < -0.3 is 10.2 Å². The van der Waals surface area contributed by atoms with Crippen LogP contribution in [-0.4, -0.2) is 44.6 Å². The van der Waals surface area contributed by atoms with Crippen LogP contribution in [0.3, 0.4) is 0 Å². The van der Waals surface area contributed by atoms with Gasteiger partial charge in [-0.15, -0.1) is 11.8 Å². The average molecular weight is 366 g/mol. The third-order valence-corrected chi connectivity index (χ3v) is 5.47. The van der Waals surface area contributed by atoms with E-state index >= 15 is 0 Å². The number of carbonyl (C=O) groups is 2. The van der Waals surface area contributed by atoms with E-state index in [0.29, 0.717) is 29.3 Å². The number of hydrogen-bond acceptors (Lipinski definition) is 4.